The summed E-state index contributed by atoms with van der Waals surface area (Å²) in [5.74, 6) is -0.622. The third kappa shape index (κ3) is 4.06. The van der Waals surface area contributed by atoms with Crippen molar-refractivity contribution in [2.45, 2.75) is 19.9 Å². The number of nitrogens with one attached hydrogen (secondary N) is 1. The molecular formula is C14H15F2N3. The van der Waals surface area contributed by atoms with Crippen LogP contribution in [0.5, 0.6) is 0 Å². The van der Waals surface area contributed by atoms with Crippen LogP contribution in [0.25, 0.3) is 0 Å². The fourth-order valence-corrected chi connectivity index (χ4v) is 1.73. The normalized spacial score (nSPS) is 10.7. The second-order valence-corrected chi connectivity index (χ2v) is 4.24. The fraction of sp³-hybridized carbons (Fsp3) is 0.286. The Kier molecular flexibility index (Phi) is 4.52. The van der Waals surface area contributed by atoms with Crippen LogP contribution in [0.15, 0.2) is 30.6 Å². The molecule has 3 nitrogen and oxygen atoms in total. The molecule has 1 aromatic carbocycles. The lowest BCUT2D eigenvalue weighted by molar-refractivity contribution is 0.580. The average molecular weight is 263 g/mol. The van der Waals surface area contributed by atoms with E-state index in [1.54, 1.807) is 12.4 Å². The van der Waals surface area contributed by atoms with Crippen LogP contribution >= 0.6 is 0 Å². The van der Waals surface area contributed by atoms with Gasteiger partial charge in [0.15, 0.2) is 0 Å². The molecule has 1 heterocycles. The summed E-state index contributed by atoms with van der Waals surface area (Å²) >= 11 is 0. The van der Waals surface area contributed by atoms with Gasteiger partial charge in [0.2, 0.25) is 0 Å². The summed E-state index contributed by atoms with van der Waals surface area (Å²) < 4.78 is 26.1. The minimum absolute atomic E-state index is 0.316. The van der Waals surface area contributed by atoms with Crippen LogP contribution in [-0.2, 0) is 13.0 Å². The summed E-state index contributed by atoms with van der Waals surface area (Å²) in [4.78, 5) is 8.38. The van der Waals surface area contributed by atoms with E-state index in [-0.39, 0.29) is 0 Å². The molecule has 2 aromatic rings. The van der Waals surface area contributed by atoms with Gasteiger partial charge in [-0.15, -0.1) is 0 Å². The topological polar surface area (TPSA) is 37.8 Å². The summed E-state index contributed by atoms with van der Waals surface area (Å²) in [6, 6.07) is 3.43. The van der Waals surface area contributed by atoms with Gasteiger partial charge in [0.1, 0.15) is 17.5 Å². The van der Waals surface area contributed by atoms with Crippen molar-refractivity contribution in [3.63, 3.8) is 0 Å². The van der Waals surface area contributed by atoms with E-state index in [0.29, 0.717) is 24.4 Å². The first-order valence-electron chi connectivity index (χ1n) is 6.13. The Bertz CT molecular complexity index is 521. The van der Waals surface area contributed by atoms with Crippen molar-refractivity contribution >= 4 is 0 Å². The predicted molar refractivity (Wildman–Crippen MR) is 68.6 cm³/mol. The van der Waals surface area contributed by atoms with Crippen molar-refractivity contribution in [3.05, 3.63) is 59.2 Å². The van der Waals surface area contributed by atoms with Crippen molar-refractivity contribution < 1.29 is 8.78 Å². The molecular weight excluding hydrogens is 248 g/mol. The second kappa shape index (κ2) is 6.33. The van der Waals surface area contributed by atoms with Gasteiger partial charge in [-0.05, 0) is 24.2 Å². The molecule has 0 atom stereocenters. The van der Waals surface area contributed by atoms with E-state index in [0.717, 1.165) is 18.2 Å². The molecule has 2 rings (SSSR count). The van der Waals surface area contributed by atoms with Gasteiger partial charge >= 0.3 is 0 Å². The summed E-state index contributed by atoms with van der Waals surface area (Å²) in [7, 11) is 0. The van der Waals surface area contributed by atoms with Crippen LogP contribution in [0.2, 0.25) is 0 Å². The molecule has 1 N–H and O–H groups in total. The number of hydrogen-bond donors (Lipinski definition) is 1. The first-order valence-corrected chi connectivity index (χ1v) is 6.13. The highest BCUT2D eigenvalue weighted by Crippen LogP contribution is 2.11. The molecule has 0 aliphatic rings. The van der Waals surface area contributed by atoms with Gasteiger partial charge in [0.05, 0.1) is 0 Å². The Balaban J connectivity index is 2.06. The van der Waals surface area contributed by atoms with E-state index in [1.807, 2.05) is 6.92 Å². The molecule has 19 heavy (non-hydrogen) atoms. The molecule has 0 spiro atoms. The Morgan fingerprint density at radius 3 is 2.21 bits per heavy atom. The zero-order valence-corrected chi connectivity index (χ0v) is 10.7. The number of halogens is 2. The van der Waals surface area contributed by atoms with Crippen LogP contribution in [0, 0.1) is 11.6 Å². The molecule has 0 bridgehead atoms. The average Bonchev–Trinajstić information content (AvgIpc) is 2.37. The monoisotopic (exact) mass is 263 g/mol. The number of aromatic nitrogens is 2. The third-order valence-corrected chi connectivity index (χ3v) is 2.62. The van der Waals surface area contributed by atoms with Crippen molar-refractivity contribution in [2.24, 2.45) is 0 Å². The summed E-state index contributed by atoms with van der Waals surface area (Å²) in [6.07, 6.45) is 3.76. The van der Waals surface area contributed by atoms with Crippen LogP contribution in [0.1, 0.15) is 23.9 Å². The van der Waals surface area contributed by atoms with E-state index < -0.39 is 11.6 Å². The number of hydrogen-bond acceptors (Lipinski definition) is 3. The molecule has 0 amide bonds. The molecule has 0 radical (unpaired) electrons. The quantitative estimate of drug-likeness (QED) is 0.900. The standard InChI is InChI=1S/C14H15F2N3/c1-2-17-7-11-8-18-14(19-9-11)5-10-3-12(15)6-13(16)4-10/h3-4,6,8-9,17H,2,5,7H2,1H3. The van der Waals surface area contributed by atoms with Crippen molar-refractivity contribution in [2.75, 3.05) is 6.54 Å². The Hall–Kier alpha value is -1.88. The van der Waals surface area contributed by atoms with E-state index >= 15 is 0 Å². The van der Waals surface area contributed by atoms with Crippen LogP contribution in [0.4, 0.5) is 8.78 Å². The fourth-order valence-electron chi connectivity index (χ4n) is 1.73. The first kappa shape index (κ1) is 13.5. The summed E-state index contributed by atoms with van der Waals surface area (Å²) in [5, 5.41) is 3.17. The van der Waals surface area contributed by atoms with Gasteiger partial charge in [0, 0.05) is 37.0 Å². The molecule has 0 fully saturated rings. The lowest BCUT2D eigenvalue weighted by Crippen LogP contribution is -2.12. The highest BCUT2D eigenvalue weighted by Gasteiger charge is 2.04. The van der Waals surface area contributed by atoms with Crippen molar-refractivity contribution in [1.82, 2.24) is 15.3 Å². The van der Waals surface area contributed by atoms with E-state index in [9.17, 15) is 8.78 Å². The molecule has 5 heteroatoms. The van der Waals surface area contributed by atoms with Gasteiger partial charge < -0.3 is 5.32 Å². The molecule has 0 unspecified atom stereocenters. The molecule has 0 saturated carbocycles. The summed E-state index contributed by atoms with van der Waals surface area (Å²) in [5.41, 5.74) is 1.51. The maximum Gasteiger partial charge on any atom is 0.132 e. The summed E-state index contributed by atoms with van der Waals surface area (Å²) in [6.45, 7) is 3.61. The zero-order valence-electron chi connectivity index (χ0n) is 10.7. The zero-order chi connectivity index (χ0) is 13.7. The number of benzene rings is 1. The molecule has 1 aromatic heterocycles. The highest BCUT2D eigenvalue weighted by molar-refractivity contribution is 5.21. The Labute approximate surface area is 110 Å². The molecule has 0 aliphatic carbocycles. The smallest absolute Gasteiger partial charge is 0.132 e. The van der Waals surface area contributed by atoms with E-state index in [2.05, 4.69) is 15.3 Å². The SMILES string of the molecule is CCNCc1cnc(Cc2cc(F)cc(F)c2)nc1. The third-order valence-electron chi connectivity index (χ3n) is 2.62. The Morgan fingerprint density at radius 1 is 1.00 bits per heavy atom. The van der Waals surface area contributed by atoms with Crippen LogP contribution in [0.3, 0.4) is 0 Å². The lowest BCUT2D eigenvalue weighted by atomic mass is 10.1. The van der Waals surface area contributed by atoms with Crippen molar-refractivity contribution in [3.8, 4) is 0 Å². The minimum Gasteiger partial charge on any atom is -0.313 e. The second-order valence-electron chi connectivity index (χ2n) is 4.24. The first-order chi connectivity index (χ1) is 9.17. The maximum absolute atomic E-state index is 13.0. The van der Waals surface area contributed by atoms with Crippen LogP contribution in [-0.4, -0.2) is 16.5 Å². The van der Waals surface area contributed by atoms with Gasteiger partial charge in [-0.2, -0.15) is 0 Å². The lowest BCUT2D eigenvalue weighted by Gasteiger charge is -2.04. The molecule has 0 saturated heterocycles. The van der Waals surface area contributed by atoms with Gasteiger partial charge in [-0.25, -0.2) is 18.7 Å². The molecule has 0 aliphatic heterocycles. The number of rotatable bonds is 5. The maximum atomic E-state index is 13.0. The van der Waals surface area contributed by atoms with Gasteiger partial charge in [-0.1, -0.05) is 6.92 Å². The van der Waals surface area contributed by atoms with E-state index in [4.69, 9.17) is 0 Å². The van der Waals surface area contributed by atoms with Crippen molar-refractivity contribution in [1.29, 1.82) is 0 Å². The van der Waals surface area contributed by atoms with Gasteiger partial charge in [0.25, 0.3) is 0 Å². The minimum atomic E-state index is -0.584. The molecule has 100 valence electrons. The highest BCUT2D eigenvalue weighted by atomic mass is 19.1. The number of nitrogens with zero attached hydrogens (tertiary/aromatic N) is 2. The Morgan fingerprint density at radius 2 is 1.63 bits per heavy atom. The largest absolute Gasteiger partial charge is 0.313 e. The van der Waals surface area contributed by atoms with Crippen LogP contribution < -0.4 is 5.32 Å². The predicted octanol–water partition coefficient (Wildman–Crippen LogP) is 2.46. The van der Waals surface area contributed by atoms with Gasteiger partial charge in [-0.3, -0.25) is 0 Å². The van der Waals surface area contributed by atoms with E-state index in [1.165, 1.54) is 12.1 Å².